The van der Waals surface area contributed by atoms with Gasteiger partial charge in [0.05, 0.1) is 11.1 Å². The van der Waals surface area contributed by atoms with Crippen LogP contribution in [0, 0.1) is 10.1 Å². The predicted molar refractivity (Wildman–Crippen MR) is 97.6 cm³/mol. The molecule has 9 heteroatoms. The molecule has 3 rings (SSSR count). The molecule has 1 N–H and O–H groups in total. The number of carbonyl (C=O) groups excluding carboxylic acids is 2. The molecule has 2 aromatic rings. The summed E-state index contributed by atoms with van der Waals surface area (Å²) in [6, 6.07) is 8.62. The van der Waals surface area contributed by atoms with Crippen LogP contribution in [0.4, 0.5) is 11.4 Å². The molecule has 0 aliphatic carbocycles. The second-order valence-electron chi connectivity index (χ2n) is 6.24. The molecule has 2 amide bonds. The number of amides is 2. The fourth-order valence-electron chi connectivity index (χ4n) is 2.90. The van der Waals surface area contributed by atoms with Crippen molar-refractivity contribution in [2.24, 2.45) is 0 Å². The number of anilines is 1. The van der Waals surface area contributed by atoms with Gasteiger partial charge in [0, 0.05) is 36.5 Å². The number of likely N-dealkylation sites (tertiary alicyclic amines) is 1. The number of nitrogens with zero attached hydrogens (tertiary/aromatic N) is 3. The second-order valence-corrected chi connectivity index (χ2v) is 6.24. The summed E-state index contributed by atoms with van der Waals surface area (Å²) >= 11 is 0. The van der Waals surface area contributed by atoms with Crippen LogP contribution in [0.1, 0.15) is 23.2 Å². The fourth-order valence-corrected chi connectivity index (χ4v) is 2.90. The van der Waals surface area contributed by atoms with Crippen molar-refractivity contribution in [1.29, 1.82) is 0 Å². The Labute approximate surface area is 154 Å². The van der Waals surface area contributed by atoms with Gasteiger partial charge in [-0.3, -0.25) is 29.1 Å². The van der Waals surface area contributed by atoms with Gasteiger partial charge in [0.25, 0.3) is 17.2 Å². The molecule has 1 aromatic carbocycles. The smallest absolute Gasteiger partial charge is 0.285 e. The fraction of sp³-hybridized carbons (Fsp3) is 0.278. The van der Waals surface area contributed by atoms with Gasteiger partial charge in [-0.1, -0.05) is 0 Å². The van der Waals surface area contributed by atoms with E-state index in [2.05, 4.69) is 5.32 Å². The van der Waals surface area contributed by atoms with Gasteiger partial charge in [-0.2, -0.15) is 0 Å². The summed E-state index contributed by atoms with van der Waals surface area (Å²) in [4.78, 5) is 48.1. The lowest BCUT2D eigenvalue weighted by Gasteiger charge is -2.15. The highest BCUT2D eigenvalue weighted by atomic mass is 16.6. The third-order valence-corrected chi connectivity index (χ3v) is 4.30. The first kappa shape index (κ1) is 18.3. The van der Waals surface area contributed by atoms with Crippen LogP contribution < -0.4 is 10.9 Å². The molecule has 1 aromatic heterocycles. The average Bonchev–Trinajstić information content (AvgIpc) is 3.18. The summed E-state index contributed by atoms with van der Waals surface area (Å²) in [6.45, 7) is 1.17. The average molecular weight is 370 g/mol. The van der Waals surface area contributed by atoms with Gasteiger partial charge in [-0.15, -0.1) is 0 Å². The molecular formula is C18H18N4O5. The maximum Gasteiger partial charge on any atom is 0.285 e. The van der Waals surface area contributed by atoms with Crippen LogP contribution in [-0.4, -0.2) is 39.3 Å². The molecule has 0 spiro atoms. The monoisotopic (exact) mass is 370 g/mol. The Morgan fingerprint density at radius 2 is 1.74 bits per heavy atom. The molecule has 0 radical (unpaired) electrons. The summed E-state index contributed by atoms with van der Waals surface area (Å²) in [5.41, 5.74) is 0.232. The quantitative estimate of drug-likeness (QED) is 0.635. The van der Waals surface area contributed by atoms with Crippen LogP contribution in [0.2, 0.25) is 0 Å². The summed E-state index contributed by atoms with van der Waals surface area (Å²) in [5.74, 6) is -0.537. The van der Waals surface area contributed by atoms with Crippen molar-refractivity contribution in [2.75, 3.05) is 18.4 Å². The number of nitro groups is 1. The molecule has 1 fully saturated rings. The van der Waals surface area contributed by atoms with Crippen LogP contribution in [0.5, 0.6) is 0 Å². The van der Waals surface area contributed by atoms with E-state index in [4.69, 9.17) is 0 Å². The van der Waals surface area contributed by atoms with Crippen molar-refractivity contribution < 1.29 is 14.5 Å². The highest BCUT2D eigenvalue weighted by Gasteiger charge is 2.19. The summed E-state index contributed by atoms with van der Waals surface area (Å²) in [5, 5.41) is 13.4. The molecule has 0 atom stereocenters. The van der Waals surface area contributed by atoms with Gasteiger partial charge in [-0.05, 0) is 37.1 Å². The van der Waals surface area contributed by atoms with E-state index in [0.29, 0.717) is 11.3 Å². The van der Waals surface area contributed by atoms with Crippen molar-refractivity contribution in [2.45, 2.75) is 19.4 Å². The lowest BCUT2D eigenvalue weighted by atomic mass is 10.2. The van der Waals surface area contributed by atoms with Crippen LogP contribution in [0.3, 0.4) is 0 Å². The normalized spacial score (nSPS) is 13.4. The Morgan fingerprint density at radius 1 is 1.07 bits per heavy atom. The van der Waals surface area contributed by atoms with Crippen LogP contribution in [0.15, 0.2) is 47.4 Å². The Bertz CT molecular complexity index is 930. The Morgan fingerprint density at radius 3 is 2.37 bits per heavy atom. The number of hydrogen-bond donors (Lipinski definition) is 1. The molecule has 27 heavy (non-hydrogen) atoms. The van der Waals surface area contributed by atoms with E-state index in [9.17, 15) is 24.5 Å². The topological polar surface area (TPSA) is 115 Å². The zero-order valence-electron chi connectivity index (χ0n) is 14.5. The van der Waals surface area contributed by atoms with Crippen molar-refractivity contribution in [1.82, 2.24) is 9.47 Å². The van der Waals surface area contributed by atoms with Gasteiger partial charge in [-0.25, -0.2) is 0 Å². The van der Waals surface area contributed by atoms with E-state index in [1.54, 1.807) is 29.2 Å². The van der Waals surface area contributed by atoms with E-state index >= 15 is 0 Å². The molecule has 0 saturated carbocycles. The van der Waals surface area contributed by atoms with Crippen LogP contribution >= 0.6 is 0 Å². The van der Waals surface area contributed by atoms with Crippen molar-refractivity contribution >= 4 is 23.2 Å². The predicted octanol–water partition coefficient (Wildman–Crippen LogP) is 1.63. The first-order valence-corrected chi connectivity index (χ1v) is 8.48. The van der Waals surface area contributed by atoms with Gasteiger partial charge < -0.3 is 10.2 Å². The Hall–Kier alpha value is -3.49. The molecular weight excluding hydrogens is 352 g/mol. The molecule has 0 unspecified atom stereocenters. The maximum atomic E-state index is 12.3. The van der Waals surface area contributed by atoms with Crippen molar-refractivity contribution in [3.63, 3.8) is 0 Å². The number of aromatic nitrogens is 1. The number of nitrogens with one attached hydrogen (secondary N) is 1. The number of hydrogen-bond acceptors (Lipinski definition) is 5. The highest BCUT2D eigenvalue weighted by molar-refractivity contribution is 5.96. The lowest BCUT2D eigenvalue weighted by Crippen LogP contribution is -2.28. The molecule has 1 aliphatic rings. The standard InChI is InChI=1S/C18H18N4O5/c23-16(12-21-11-15(22(26)27)7-8-17(21)24)19-14-5-3-13(4-6-14)18(25)20-9-1-2-10-20/h3-8,11H,1-2,9-10,12H2,(H,19,23). The first-order chi connectivity index (χ1) is 12.9. The minimum absolute atomic E-state index is 0.0338. The highest BCUT2D eigenvalue weighted by Crippen LogP contribution is 2.15. The molecule has 2 heterocycles. The zero-order chi connectivity index (χ0) is 19.4. The van der Waals surface area contributed by atoms with Crippen molar-refractivity contribution in [3.8, 4) is 0 Å². The molecule has 0 bridgehead atoms. The van der Waals surface area contributed by atoms with Crippen LogP contribution in [0.25, 0.3) is 0 Å². The molecule has 9 nitrogen and oxygen atoms in total. The van der Waals surface area contributed by atoms with E-state index in [0.717, 1.165) is 48.8 Å². The largest absolute Gasteiger partial charge is 0.339 e. The second kappa shape index (κ2) is 7.81. The molecule has 1 aliphatic heterocycles. The van der Waals surface area contributed by atoms with E-state index in [-0.39, 0.29) is 18.1 Å². The minimum Gasteiger partial charge on any atom is -0.339 e. The van der Waals surface area contributed by atoms with E-state index < -0.39 is 16.4 Å². The zero-order valence-corrected chi connectivity index (χ0v) is 14.5. The number of pyridine rings is 1. The third-order valence-electron chi connectivity index (χ3n) is 4.30. The van der Waals surface area contributed by atoms with Crippen molar-refractivity contribution in [3.05, 3.63) is 68.6 Å². The lowest BCUT2D eigenvalue weighted by molar-refractivity contribution is -0.385. The number of carbonyl (C=O) groups is 2. The van der Waals surface area contributed by atoms with E-state index in [1.807, 2.05) is 0 Å². The van der Waals surface area contributed by atoms with Gasteiger partial charge in [0.2, 0.25) is 5.91 Å². The third kappa shape index (κ3) is 4.38. The molecule has 1 saturated heterocycles. The SMILES string of the molecule is O=C(Cn1cc([N+](=O)[O-])ccc1=O)Nc1ccc(C(=O)N2CCCC2)cc1. The molecule has 140 valence electrons. The Kier molecular flexibility index (Phi) is 5.30. The van der Waals surface area contributed by atoms with Gasteiger partial charge in [0.1, 0.15) is 6.54 Å². The minimum atomic E-state index is -0.635. The van der Waals surface area contributed by atoms with Crippen LogP contribution in [-0.2, 0) is 11.3 Å². The van der Waals surface area contributed by atoms with E-state index in [1.165, 1.54) is 0 Å². The summed E-state index contributed by atoms with van der Waals surface area (Å²) in [7, 11) is 0. The summed E-state index contributed by atoms with van der Waals surface area (Å²) in [6.07, 6.45) is 3.05. The first-order valence-electron chi connectivity index (χ1n) is 8.48. The van der Waals surface area contributed by atoms with Gasteiger partial charge in [0.15, 0.2) is 0 Å². The maximum absolute atomic E-state index is 12.3. The van der Waals surface area contributed by atoms with Gasteiger partial charge >= 0.3 is 0 Å². The Balaban J connectivity index is 1.64. The number of benzene rings is 1. The summed E-state index contributed by atoms with van der Waals surface area (Å²) < 4.78 is 0.971. The number of rotatable bonds is 5.